The predicted octanol–water partition coefficient (Wildman–Crippen LogP) is 5.92. The maximum Gasteiger partial charge on any atom is 0.303 e. The number of benzene rings is 1. The number of likely N-dealkylation sites (tertiary alicyclic amines) is 1. The molecule has 0 bridgehead atoms. The molecule has 39 heavy (non-hydrogen) atoms. The number of ether oxygens (including phenoxy) is 1. The van der Waals surface area contributed by atoms with Gasteiger partial charge in [-0.15, -0.1) is 0 Å². The summed E-state index contributed by atoms with van der Waals surface area (Å²) < 4.78 is 11.3. The summed E-state index contributed by atoms with van der Waals surface area (Å²) in [4.78, 5) is 30.7. The lowest BCUT2D eigenvalue weighted by molar-refractivity contribution is -0.138. The second-order valence-electron chi connectivity index (χ2n) is 9.30. The van der Waals surface area contributed by atoms with Gasteiger partial charge in [-0.3, -0.25) is 9.69 Å². The smallest absolute Gasteiger partial charge is 0.303 e. The summed E-state index contributed by atoms with van der Waals surface area (Å²) in [5, 5.41) is 13.2. The molecule has 1 saturated heterocycles. The van der Waals surface area contributed by atoms with Crippen molar-refractivity contribution in [3.63, 3.8) is 0 Å². The Morgan fingerprint density at radius 1 is 1.08 bits per heavy atom. The van der Waals surface area contributed by atoms with Crippen LogP contribution >= 0.6 is 23.2 Å². The number of pyridine rings is 1. The average Bonchev–Trinajstić information content (AvgIpc) is 3.42. The van der Waals surface area contributed by atoms with Gasteiger partial charge in [-0.2, -0.15) is 0 Å². The molecule has 0 radical (unpaired) electrons. The largest absolute Gasteiger partial charge is 0.481 e. The number of carboxylic acid groups (broad SMARTS) is 1. The van der Waals surface area contributed by atoms with Crippen LogP contribution in [0.25, 0.3) is 11.3 Å². The van der Waals surface area contributed by atoms with Crippen LogP contribution in [0.2, 0.25) is 10.0 Å². The number of halogens is 2. The van der Waals surface area contributed by atoms with Crippen LogP contribution in [0.4, 0.5) is 5.95 Å². The lowest BCUT2D eigenvalue weighted by Crippen LogP contribution is -2.33. The lowest BCUT2D eigenvalue weighted by atomic mass is 9.93. The van der Waals surface area contributed by atoms with E-state index in [1.165, 1.54) is 6.26 Å². The first-order chi connectivity index (χ1) is 18.9. The van der Waals surface area contributed by atoms with Crippen molar-refractivity contribution in [2.24, 2.45) is 5.92 Å². The number of hydrogen-bond donors (Lipinski definition) is 2. The van der Waals surface area contributed by atoms with Crippen LogP contribution in [-0.2, 0) is 17.9 Å². The number of aliphatic carboxylic acids is 1. The highest BCUT2D eigenvalue weighted by Crippen LogP contribution is 2.31. The predicted molar refractivity (Wildman–Crippen MR) is 146 cm³/mol. The van der Waals surface area contributed by atoms with E-state index in [9.17, 15) is 4.79 Å². The van der Waals surface area contributed by atoms with E-state index in [0.717, 1.165) is 37.1 Å². The topological polar surface area (TPSA) is 126 Å². The van der Waals surface area contributed by atoms with Gasteiger partial charge in [0.15, 0.2) is 5.75 Å². The summed E-state index contributed by atoms with van der Waals surface area (Å²) in [6.45, 7) is 2.67. The average molecular weight is 569 g/mol. The van der Waals surface area contributed by atoms with Gasteiger partial charge in [0.05, 0.1) is 30.8 Å². The first kappa shape index (κ1) is 26.9. The second-order valence-corrected chi connectivity index (χ2v) is 10.2. The van der Waals surface area contributed by atoms with E-state index in [0.29, 0.717) is 52.3 Å². The number of hydrogen-bond acceptors (Lipinski definition) is 9. The van der Waals surface area contributed by atoms with Crippen LogP contribution in [0.15, 0.2) is 59.6 Å². The fourth-order valence-electron chi connectivity index (χ4n) is 4.48. The summed E-state index contributed by atoms with van der Waals surface area (Å²) in [5.74, 6) is 1.21. The summed E-state index contributed by atoms with van der Waals surface area (Å²) in [6.07, 6.45) is 8.12. The Morgan fingerprint density at radius 3 is 2.49 bits per heavy atom. The molecular weight excluding hydrogens is 543 g/mol. The van der Waals surface area contributed by atoms with Gasteiger partial charge in [0.1, 0.15) is 6.26 Å². The molecule has 0 saturated carbocycles. The number of nitrogens with zero attached hydrogens (tertiary/aromatic N) is 5. The molecule has 5 rings (SSSR count). The van der Waals surface area contributed by atoms with E-state index in [4.69, 9.17) is 42.4 Å². The van der Waals surface area contributed by atoms with Crippen molar-refractivity contribution in [2.45, 2.75) is 32.4 Å². The number of piperidine rings is 1. The van der Waals surface area contributed by atoms with E-state index in [2.05, 4.69) is 25.2 Å². The van der Waals surface area contributed by atoms with Crippen molar-refractivity contribution in [3.8, 4) is 22.9 Å². The Labute approximate surface area is 235 Å². The molecule has 2 N–H and O–H groups in total. The van der Waals surface area contributed by atoms with Gasteiger partial charge in [-0.25, -0.2) is 19.9 Å². The van der Waals surface area contributed by atoms with Gasteiger partial charge < -0.3 is 19.6 Å². The number of oxazole rings is 1. The minimum Gasteiger partial charge on any atom is -0.481 e. The van der Waals surface area contributed by atoms with Gasteiger partial charge in [-0.05, 0) is 61.7 Å². The minimum atomic E-state index is -0.739. The fourth-order valence-corrected chi connectivity index (χ4v) is 5.01. The normalized spacial score (nSPS) is 14.3. The van der Waals surface area contributed by atoms with Crippen molar-refractivity contribution in [3.05, 3.63) is 76.7 Å². The lowest BCUT2D eigenvalue weighted by Gasteiger charge is -2.31. The summed E-state index contributed by atoms with van der Waals surface area (Å²) in [6, 6.07) is 9.15. The quantitative estimate of drug-likeness (QED) is 0.238. The molecule has 0 spiro atoms. The highest BCUT2D eigenvalue weighted by Gasteiger charge is 2.22. The zero-order valence-electron chi connectivity index (χ0n) is 20.9. The van der Waals surface area contributed by atoms with Gasteiger partial charge >= 0.3 is 5.97 Å². The minimum absolute atomic E-state index is 0.215. The van der Waals surface area contributed by atoms with Crippen molar-refractivity contribution < 1.29 is 19.1 Å². The number of carbonyl (C=O) groups is 1. The van der Waals surface area contributed by atoms with E-state index < -0.39 is 5.97 Å². The van der Waals surface area contributed by atoms with E-state index in [-0.39, 0.29) is 12.3 Å². The Morgan fingerprint density at radius 2 is 1.82 bits per heavy atom. The second kappa shape index (κ2) is 12.4. The third-order valence-electron chi connectivity index (χ3n) is 6.33. The van der Waals surface area contributed by atoms with E-state index in [1.54, 1.807) is 36.8 Å². The third-order valence-corrected chi connectivity index (χ3v) is 6.76. The summed E-state index contributed by atoms with van der Waals surface area (Å²) in [7, 11) is 0. The van der Waals surface area contributed by atoms with Gasteiger partial charge in [0, 0.05) is 34.6 Å². The fraction of sp³-hybridized carbons (Fsp3) is 0.296. The number of aromatic nitrogens is 4. The van der Waals surface area contributed by atoms with Crippen LogP contribution < -0.4 is 10.1 Å². The number of carboxylic acids is 1. The molecule has 202 valence electrons. The molecule has 1 aliphatic heterocycles. The van der Waals surface area contributed by atoms with Crippen molar-refractivity contribution in [2.75, 3.05) is 18.4 Å². The zero-order valence-corrected chi connectivity index (χ0v) is 22.4. The van der Waals surface area contributed by atoms with E-state index >= 15 is 0 Å². The van der Waals surface area contributed by atoms with Crippen LogP contribution in [0.3, 0.4) is 0 Å². The Balaban J connectivity index is 1.33. The first-order valence-corrected chi connectivity index (χ1v) is 13.2. The molecule has 1 fully saturated rings. The van der Waals surface area contributed by atoms with E-state index in [1.807, 2.05) is 12.1 Å². The van der Waals surface area contributed by atoms with Crippen molar-refractivity contribution in [1.29, 1.82) is 0 Å². The van der Waals surface area contributed by atoms with Gasteiger partial charge in [0.25, 0.3) is 0 Å². The van der Waals surface area contributed by atoms with Crippen molar-refractivity contribution >= 4 is 35.1 Å². The van der Waals surface area contributed by atoms with Crippen LogP contribution in [-0.4, -0.2) is 49.0 Å². The number of rotatable bonds is 10. The number of anilines is 1. The molecule has 1 aromatic carbocycles. The molecule has 0 aliphatic carbocycles. The van der Waals surface area contributed by atoms with Gasteiger partial charge in [0.2, 0.25) is 17.7 Å². The van der Waals surface area contributed by atoms with Crippen LogP contribution in [0.5, 0.6) is 11.6 Å². The monoisotopic (exact) mass is 568 g/mol. The van der Waals surface area contributed by atoms with Crippen LogP contribution in [0, 0.1) is 5.92 Å². The molecular formula is C27H26Cl2N6O4. The Hall–Kier alpha value is -3.73. The van der Waals surface area contributed by atoms with Crippen molar-refractivity contribution in [1.82, 2.24) is 24.8 Å². The van der Waals surface area contributed by atoms with Crippen LogP contribution in [0.1, 0.15) is 30.7 Å². The maximum atomic E-state index is 11.1. The molecule has 0 amide bonds. The summed E-state index contributed by atoms with van der Waals surface area (Å²) >= 11 is 12.5. The highest BCUT2D eigenvalue weighted by molar-refractivity contribution is 6.35. The number of nitrogens with one attached hydrogen (secondary N) is 1. The Kier molecular flexibility index (Phi) is 8.55. The maximum absolute atomic E-state index is 11.1. The molecule has 4 heterocycles. The molecule has 1 aliphatic rings. The zero-order chi connectivity index (χ0) is 27.2. The molecule has 4 aromatic rings. The molecule has 12 heteroatoms. The molecule has 0 unspecified atom stereocenters. The molecule has 10 nitrogen and oxygen atoms in total. The molecule has 3 aromatic heterocycles. The standard InChI is InChI=1S/C27H26Cl2N6O4/c28-20-10-19(11-21(29)12-20)23-7-18(16-35-4-1-17(2-5-35)9-26(36)37)8-24(34-23)39-22-13-31-27(32-14-22)33-15-25-30-3-6-38-25/h3,6-8,10-14,17H,1-2,4-5,9,15-16H2,(H,36,37)(H,31,32,33). The Bertz CT molecular complexity index is 1390. The highest BCUT2D eigenvalue weighted by atomic mass is 35.5. The SMILES string of the molecule is O=C(O)CC1CCN(Cc2cc(Oc3cnc(NCc4ncco4)nc3)nc(-c3cc(Cl)cc(Cl)c3)c2)CC1. The van der Waals surface area contributed by atoms with Gasteiger partial charge in [-0.1, -0.05) is 23.2 Å². The first-order valence-electron chi connectivity index (χ1n) is 12.4. The molecule has 0 atom stereocenters. The summed E-state index contributed by atoms with van der Waals surface area (Å²) in [5.41, 5.74) is 2.42. The third kappa shape index (κ3) is 7.66.